The summed E-state index contributed by atoms with van der Waals surface area (Å²) < 4.78 is 0. The Kier molecular flexibility index (Phi) is 4.61. The molecule has 0 atom stereocenters. The van der Waals surface area contributed by atoms with Gasteiger partial charge >= 0.3 is 0 Å². The second-order valence-electron chi connectivity index (χ2n) is 4.77. The predicted octanol–water partition coefficient (Wildman–Crippen LogP) is 1.76. The summed E-state index contributed by atoms with van der Waals surface area (Å²) in [6, 6.07) is 2.08. The quantitative estimate of drug-likeness (QED) is 0.548. The van der Waals surface area contributed by atoms with E-state index in [-0.39, 0.29) is 12.4 Å². The molecule has 0 aromatic carbocycles. The van der Waals surface area contributed by atoms with Crippen molar-refractivity contribution in [3.8, 4) is 0 Å². The number of hydrogen-bond donors (Lipinski definition) is 3. The molecule has 1 aliphatic carbocycles. The van der Waals surface area contributed by atoms with Crippen molar-refractivity contribution in [3.05, 3.63) is 22.8 Å². The van der Waals surface area contributed by atoms with Crippen LogP contribution in [0.2, 0.25) is 5.02 Å². The van der Waals surface area contributed by atoms with Crippen molar-refractivity contribution in [1.29, 1.82) is 5.41 Å². The summed E-state index contributed by atoms with van der Waals surface area (Å²) in [6.45, 7) is 0.864. The molecular weight excluding hydrogens is 264 g/mol. The molecule has 2 rings (SSSR count). The van der Waals surface area contributed by atoms with E-state index in [4.69, 9.17) is 27.9 Å². The van der Waals surface area contributed by atoms with Gasteiger partial charge in [-0.15, -0.1) is 0 Å². The Hall–Kier alpha value is -1.33. The van der Waals surface area contributed by atoms with Crippen LogP contribution in [0.5, 0.6) is 0 Å². The van der Waals surface area contributed by atoms with Gasteiger partial charge in [-0.1, -0.05) is 11.6 Å². The molecule has 1 aromatic heterocycles. The van der Waals surface area contributed by atoms with E-state index in [2.05, 4.69) is 9.88 Å². The molecule has 1 aliphatic rings. The SMILES string of the molecule is N=C(N)c1ccnc(N(CCCO)C2CCC2)c1Cl. The number of halogens is 1. The van der Waals surface area contributed by atoms with E-state index < -0.39 is 0 Å². The molecule has 0 radical (unpaired) electrons. The number of nitrogens with two attached hydrogens (primary N) is 1. The average molecular weight is 283 g/mol. The molecule has 0 spiro atoms. The number of hydrogen-bond acceptors (Lipinski definition) is 4. The number of aliphatic hydroxyl groups is 1. The lowest BCUT2D eigenvalue weighted by Gasteiger charge is -2.39. The van der Waals surface area contributed by atoms with Crippen molar-refractivity contribution in [2.45, 2.75) is 31.7 Å². The van der Waals surface area contributed by atoms with Gasteiger partial charge in [-0.05, 0) is 31.7 Å². The minimum atomic E-state index is -0.0515. The topological polar surface area (TPSA) is 86.2 Å². The van der Waals surface area contributed by atoms with E-state index in [9.17, 15) is 0 Å². The van der Waals surface area contributed by atoms with Crippen LogP contribution in [0, 0.1) is 5.41 Å². The Morgan fingerprint density at radius 3 is 2.84 bits per heavy atom. The van der Waals surface area contributed by atoms with Crippen LogP contribution in [-0.2, 0) is 0 Å². The van der Waals surface area contributed by atoms with Gasteiger partial charge in [0.25, 0.3) is 0 Å². The lowest BCUT2D eigenvalue weighted by molar-refractivity contribution is 0.282. The predicted molar refractivity (Wildman–Crippen MR) is 77.0 cm³/mol. The van der Waals surface area contributed by atoms with Crippen LogP contribution >= 0.6 is 11.6 Å². The molecule has 1 heterocycles. The second kappa shape index (κ2) is 6.21. The number of rotatable bonds is 6. The molecule has 0 saturated heterocycles. The highest BCUT2D eigenvalue weighted by Crippen LogP contribution is 2.34. The molecule has 0 bridgehead atoms. The Bertz CT molecular complexity index is 462. The van der Waals surface area contributed by atoms with E-state index in [1.54, 1.807) is 12.3 Å². The van der Waals surface area contributed by atoms with E-state index in [0.717, 1.165) is 19.4 Å². The van der Waals surface area contributed by atoms with Gasteiger partial charge in [-0.25, -0.2) is 4.98 Å². The minimum absolute atomic E-state index is 0.0515. The van der Waals surface area contributed by atoms with Crippen LogP contribution < -0.4 is 10.6 Å². The van der Waals surface area contributed by atoms with Gasteiger partial charge in [0.2, 0.25) is 0 Å². The van der Waals surface area contributed by atoms with E-state index in [1.165, 1.54) is 6.42 Å². The summed E-state index contributed by atoms with van der Waals surface area (Å²) in [7, 11) is 0. The summed E-state index contributed by atoms with van der Waals surface area (Å²) in [4.78, 5) is 6.47. The van der Waals surface area contributed by atoms with Crippen molar-refractivity contribution >= 4 is 23.3 Å². The molecule has 1 aromatic rings. The normalized spacial score (nSPS) is 15.1. The van der Waals surface area contributed by atoms with Crippen LogP contribution in [-0.4, -0.2) is 35.1 Å². The molecule has 6 heteroatoms. The lowest BCUT2D eigenvalue weighted by Crippen LogP contribution is -2.42. The molecule has 0 aliphatic heterocycles. The zero-order valence-corrected chi connectivity index (χ0v) is 11.5. The molecule has 19 heavy (non-hydrogen) atoms. The zero-order chi connectivity index (χ0) is 13.8. The molecule has 0 unspecified atom stereocenters. The number of aliphatic hydroxyl groups excluding tert-OH is 1. The third-order valence-electron chi connectivity index (χ3n) is 3.51. The number of nitrogen functional groups attached to an aromatic ring is 1. The summed E-state index contributed by atoms with van der Waals surface area (Å²) in [6.07, 6.45) is 5.76. The van der Waals surface area contributed by atoms with Gasteiger partial charge < -0.3 is 15.7 Å². The third-order valence-corrected chi connectivity index (χ3v) is 3.88. The first kappa shape index (κ1) is 14.1. The fourth-order valence-electron chi connectivity index (χ4n) is 2.24. The van der Waals surface area contributed by atoms with Crippen molar-refractivity contribution in [1.82, 2.24) is 4.98 Å². The highest BCUT2D eigenvalue weighted by Gasteiger charge is 2.27. The molecule has 5 nitrogen and oxygen atoms in total. The summed E-state index contributed by atoms with van der Waals surface area (Å²) in [5.74, 6) is 0.622. The summed E-state index contributed by atoms with van der Waals surface area (Å²) in [5, 5.41) is 17.0. The maximum Gasteiger partial charge on any atom is 0.148 e. The van der Waals surface area contributed by atoms with Crippen molar-refractivity contribution in [2.75, 3.05) is 18.1 Å². The second-order valence-corrected chi connectivity index (χ2v) is 5.14. The fourth-order valence-corrected chi connectivity index (χ4v) is 2.56. The van der Waals surface area contributed by atoms with Crippen molar-refractivity contribution < 1.29 is 5.11 Å². The van der Waals surface area contributed by atoms with Crippen LogP contribution in [0.15, 0.2) is 12.3 Å². The van der Waals surface area contributed by atoms with Crippen molar-refractivity contribution in [3.63, 3.8) is 0 Å². The van der Waals surface area contributed by atoms with Gasteiger partial charge in [-0.2, -0.15) is 0 Å². The summed E-state index contributed by atoms with van der Waals surface area (Å²) >= 11 is 6.32. The Morgan fingerprint density at radius 1 is 1.58 bits per heavy atom. The van der Waals surface area contributed by atoms with E-state index >= 15 is 0 Å². The molecule has 0 amide bonds. The summed E-state index contributed by atoms with van der Waals surface area (Å²) in [5.41, 5.74) is 6.03. The monoisotopic (exact) mass is 282 g/mol. The third kappa shape index (κ3) is 2.98. The molecular formula is C13H19ClN4O. The molecule has 1 saturated carbocycles. The van der Waals surface area contributed by atoms with Gasteiger partial charge in [0.1, 0.15) is 11.7 Å². The molecule has 104 valence electrons. The average Bonchev–Trinajstić information content (AvgIpc) is 2.32. The first-order valence-electron chi connectivity index (χ1n) is 6.51. The van der Waals surface area contributed by atoms with Crippen LogP contribution in [0.1, 0.15) is 31.2 Å². The Balaban J connectivity index is 2.29. The number of aromatic nitrogens is 1. The van der Waals surface area contributed by atoms with Crippen LogP contribution in [0.25, 0.3) is 0 Å². The number of nitrogens with one attached hydrogen (secondary N) is 1. The number of pyridine rings is 1. The highest BCUT2D eigenvalue weighted by molar-refractivity contribution is 6.36. The van der Waals surface area contributed by atoms with Gasteiger partial charge in [0.05, 0.1) is 5.02 Å². The first-order valence-corrected chi connectivity index (χ1v) is 6.89. The first-order chi connectivity index (χ1) is 9.15. The Morgan fingerprint density at radius 2 is 2.32 bits per heavy atom. The van der Waals surface area contributed by atoms with Crippen molar-refractivity contribution in [2.24, 2.45) is 5.73 Å². The van der Waals surface area contributed by atoms with E-state index in [0.29, 0.717) is 28.9 Å². The van der Waals surface area contributed by atoms with Gasteiger partial charge in [-0.3, -0.25) is 5.41 Å². The largest absolute Gasteiger partial charge is 0.396 e. The molecule has 1 fully saturated rings. The fraction of sp³-hybridized carbons (Fsp3) is 0.538. The van der Waals surface area contributed by atoms with Crippen LogP contribution in [0.3, 0.4) is 0 Å². The van der Waals surface area contributed by atoms with Gasteiger partial charge in [0, 0.05) is 31.0 Å². The van der Waals surface area contributed by atoms with Gasteiger partial charge in [0.15, 0.2) is 0 Å². The number of nitrogens with zero attached hydrogens (tertiary/aromatic N) is 2. The van der Waals surface area contributed by atoms with Crippen LogP contribution in [0.4, 0.5) is 5.82 Å². The maximum absolute atomic E-state index is 9.01. The van der Waals surface area contributed by atoms with E-state index in [1.807, 2.05) is 0 Å². The molecule has 4 N–H and O–H groups in total. The lowest BCUT2D eigenvalue weighted by atomic mass is 9.91. The zero-order valence-electron chi connectivity index (χ0n) is 10.8. The highest BCUT2D eigenvalue weighted by atomic mass is 35.5. The minimum Gasteiger partial charge on any atom is -0.396 e. The number of anilines is 1. The Labute approximate surface area is 117 Å². The standard InChI is InChI=1S/C13H19ClN4O/c14-11-10(12(15)16)5-6-17-13(11)18(7-2-8-19)9-3-1-4-9/h5-6,9,19H,1-4,7-8H2,(H3,15,16). The maximum atomic E-state index is 9.01. The smallest absolute Gasteiger partial charge is 0.148 e. The number of amidine groups is 1.